The lowest BCUT2D eigenvalue weighted by Crippen LogP contribution is -2.48. The molecule has 1 N–H and O–H groups in total. The Morgan fingerprint density at radius 3 is 2.40 bits per heavy atom. The maximum absolute atomic E-state index is 5.82. The van der Waals surface area contributed by atoms with Gasteiger partial charge in [0, 0.05) is 45.0 Å². The number of rotatable bonds is 6. The molecule has 1 aromatic carbocycles. The van der Waals surface area contributed by atoms with Crippen LogP contribution >= 0.6 is 0 Å². The minimum absolute atomic E-state index is 0.597. The van der Waals surface area contributed by atoms with Crippen LogP contribution in [-0.2, 0) is 0 Å². The molecule has 0 spiro atoms. The molecule has 2 rings (SSSR count). The lowest BCUT2D eigenvalue weighted by Gasteiger charge is -2.36. The normalized spacial score (nSPS) is 18.8. The molecule has 1 aliphatic heterocycles. The number of nitrogens with zero attached hydrogens (tertiary/aromatic N) is 2. The van der Waals surface area contributed by atoms with Crippen LogP contribution in [0.3, 0.4) is 0 Å². The van der Waals surface area contributed by atoms with Crippen molar-refractivity contribution in [3.63, 3.8) is 0 Å². The zero-order valence-corrected chi connectivity index (χ0v) is 12.9. The highest BCUT2D eigenvalue weighted by atomic mass is 16.5. The van der Waals surface area contributed by atoms with Crippen LogP contribution in [0.5, 0.6) is 5.75 Å². The number of nitrogens with one attached hydrogen (secondary N) is 1. The molecule has 0 amide bonds. The quantitative estimate of drug-likeness (QED) is 0.862. The molecule has 1 aliphatic rings. The summed E-state index contributed by atoms with van der Waals surface area (Å²) in [6.45, 7) is 7.79. The van der Waals surface area contributed by atoms with Crippen molar-refractivity contribution < 1.29 is 4.74 Å². The van der Waals surface area contributed by atoms with Gasteiger partial charge in [0.05, 0.1) is 6.61 Å². The van der Waals surface area contributed by atoms with E-state index in [0.29, 0.717) is 6.04 Å². The maximum Gasteiger partial charge on any atom is 0.119 e. The molecule has 4 nitrogen and oxygen atoms in total. The van der Waals surface area contributed by atoms with Crippen molar-refractivity contribution in [2.24, 2.45) is 0 Å². The molecule has 1 heterocycles. The van der Waals surface area contributed by atoms with E-state index < -0.39 is 0 Å². The molecule has 1 aromatic rings. The van der Waals surface area contributed by atoms with Crippen molar-refractivity contribution in [3.8, 4) is 5.75 Å². The third-order valence-corrected chi connectivity index (χ3v) is 4.11. The molecule has 0 aliphatic carbocycles. The fourth-order valence-electron chi connectivity index (χ4n) is 2.51. The standard InChI is InChI=1S/C16H27N3O/c1-14(19-11-9-18(3)10-12-19)8-13-20-16-6-4-15(17-2)5-7-16/h4-7,14,17H,8-13H2,1-3H3. The Hall–Kier alpha value is -1.26. The first-order valence-corrected chi connectivity index (χ1v) is 7.52. The van der Waals surface area contributed by atoms with Gasteiger partial charge in [0.15, 0.2) is 0 Å². The van der Waals surface area contributed by atoms with E-state index in [-0.39, 0.29) is 0 Å². The van der Waals surface area contributed by atoms with Crippen LogP contribution < -0.4 is 10.1 Å². The molecular weight excluding hydrogens is 250 g/mol. The van der Waals surface area contributed by atoms with Crippen LogP contribution in [0.1, 0.15) is 13.3 Å². The molecule has 0 saturated carbocycles. The van der Waals surface area contributed by atoms with Crippen molar-refractivity contribution in [2.45, 2.75) is 19.4 Å². The number of hydrogen-bond acceptors (Lipinski definition) is 4. The number of piperazine rings is 1. The predicted molar refractivity (Wildman–Crippen MR) is 84.6 cm³/mol. The van der Waals surface area contributed by atoms with Gasteiger partial charge in [-0.3, -0.25) is 4.90 Å². The van der Waals surface area contributed by atoms with Gasteiger partial charge in [-0.25, -0.2) is 0 Å². The Kier molecular flexibility index (Phi) is 5.68. The molecule has 0 aromatic heterocycles. The van der Waals surface area contributed by atoms with E-state index in [1.165, 1.54) is 26.2 Å². The third kappa shape index (κ3) is 4.39. The van der Waals surface area contributed by atoms with Crippen LogP contribution in [0, 0.1) is 0 Å². The minimum atomic E-state index is 0.597. The van der Waals surface area contributed by atoms with Gasteiger partial charge in [-0.05, 0) is 44.7 Å². The summed E-state index contributed by atoms with van der Waals surface area (Å²) in [7, 11) is 4.12. The van der Waals surface area contributed by atoms with Crippen molar-refractivity contribution in [3.05, 3.63) is 24.3 Å². The first-order chi connectivity index (χ1) is 9.69. The van der Waals surface area contributed by atoms with E-state index in [9.17, 15) is 0 Å². The van der Waals surface area contributed by atoms with Crippen LogP contribution in [0.4, 0.5) is 5.69 Å². The maximum atomic E-state index is 5.82. The molecular formula is C16H27N3O. The zero-order valence-electron chi connectivity index (χ0n) is 12.9. The van der Waals surface area contributed by atoms with Gasteiger partial charge in [0.1, 0.15) is 5.75 Å². The Bertz CT molecular complexity index is 385. The SMILES string of the molecule is CNc1ccc(OCCC(C)N2CCN(C)CC2)cc1. The molecule has 1 fully saturated rings. The summed E-state index contributed by atoms with van der Waals surface area (Å²) in [5, 5.41) is 3.11. The summed E-state index contributed by atoms with van der Waals surface area (Å²) in [4.78, 5) is 4.95. The lowest BCUT2D eigenvalue weighted by atomic mass is 10.2. The van der Waals surface area contributed by atoms with E-state index in [1.807, 2.05) is 31.3 Å². The van der Waals surface area contributed by atoms with Gasteiger partial charge in [-0.15, -0.1) is 0 Å². The molecule has 20 heavy (non-hydrogen) atoms. The first kappa shape index (κ1) is 15.1. The van der Waals surface area contributed by atoms with Crippen LogP contribution in [0.25, 0.3) is 0 Å². The van der Waals surface area contributed by atoms with Gasteiger partial charge >= 0.3 is 0 Å². The molecule has 0 radical (unpaired) electrons. The third-order valence-electron chi connectivity index (χ3n) is 4.11. The molecule has 1 atom stereocenters. The Labute approximate surface area is 122 Å². The van der Waals surface area contributed by atoms with Crippen LogP contribution in [-0.4, -0.2) is 62.7 Å². The van der Waals surface area contributed by atoms with E-state index in [1.54, 1.807) is 0 Å². The summed E-state index contributed by atoms with van der Waals surface area (Å²) in [5.41, 5.74) is 1.11. The zero-order chi connectivity index (χ0) is 14.4. The Balaban J connectivity index is 1.69. The summed E-state index contributed by atoms with van der Waals surface area (Å²) in [6.07, 6.45) is 1.08. The Morgan fingerprint density at radius 2 is 1.80 bits per heavy atom. The Morgan fingerprint density at radius 1 is 1.15 bits per heavy atom. The first-order valence-electron chi connectivity index (χ1n) is 7.52. The average Bonchev–Trinajstić information content (AvgIpc) is 2.48. The highest BCUT2D eigenvalue weighted by Gasteiger charge is 2.18. The summed E-state index contributed by atoms with van der Waals surface area (Å²) in [6, 6.07) is 8.72. The van der Waals surface area contributed by atoms with E-state index in [0.717, 1.165) is 24.5 Å². The van der Waals surface area contributed by atoms with Crippen molar-refractivity contribution in [1.29, 1.82) is 0 Å². The summed E-state index contributed by atoms with van der Waals surface area (Å²) >= 11 is 0. The van der Waals surface area contributed by atoms with Gasteiger partial charge in [-0.1, -0.05) is 0 Å². The molecule has 1 saturated heterocycles. The smallest absolute Gasteiger partial charge is 0.119 e. The van der Waals surface area contributed by atoms with Crippen molar-refractivity contribution in [1.82, 2.24) is 9.80 Å². The van der Waals surface area contributed by atoms with Gasteiger partial charge in [0.2, 0.25) is 0 Å². The van der Waals surface area contributed by atoms with E-state index in [2.05, 4.69) is 29.1 Å². The van der Waals surface area contributed by atoms with E-state index >= 15 is 0 Å². The monoisotopic (exact) mass is 277 g/mol. The number of hydrogen-bond donors (Lipinski definition) is 1. The van der Waals surface area contributed by atoms with Crippen molar-refractivity contribution >= 4 is 5.69 Å². The number of likely N-dealkylation sites (N-methyl/N-ethyl adjacent to an activating group) is 1. The van der Waals surface area contributed by atoms with Gasteiger partial charge in [0.25, 0.3) is 0 Å². The molecule has 1 unspecified atom stereocenters. The predicted octanol–water partition coefficient (Wildman–Crippen LogP) is 2.13. The average molecular weight is 277 g/mol. The second-order valence-corrected chi connectivity index (χ2v) is 5.60. The lowest BCUT2D eigenvalue weighted by molar-refractivity contribution is 0.106. The largest absolute Gasteiger partial charge is 0.494 e. The highest BCUT2D eigenvalue weighted by molar-refractivity contribution is 5.45. The topological polar surface area (TPSA) is 27.7 Å². The molecule has 4 heteroatoms. The number of ether oxygens (including phenoxy) is 1. The molecule has 0 bridgehead atoms. The number of benzene rings is 1. The fourth-order valence-corrected chi connectivity index (χ4v) is 2.51. The van der Waals surface area contributed by atoms with Crippen LogP contribution in [0.2, 0.25) is 0 Å². The minimum Gasteiger partial charge on any atom is -0.494 e. The second-order valence-electron chi connectivity index (χ2n) is 5.60. The van der Waals surface area contributed by atoms with Crippen molar-refractivity contribution in [2.75, 3.05) is 52.2 Å². The van der Waals surface area contributed by atoms with Crippen LogP contribution in [0.15, 0.2) is 24.3 Å². The van der Waals surface area contributed by atoms with Gasteiger partial charge < -0.3 is 15.0 Å². The second kappa shape index (κ2) is 7.50. The fraction of sp³-hybridized carbons (Fsp3) is 0.625. The summed E-state index contributed by atoms with van der Waals surface area (Å²) in [5.74, 6) is 0.953. The highest BCUT2D eigenvalue weighted by Crippen LogP contribution is 2.16. The summed E-state index contributed by atoms with van der Waals surface area (Å²) < 4.78 is 5.82. The van der Waals surface area contributed by atoms with E-state index in [4.69, 9.17) is 4.74 Å². The van der Waals surface area contributed by atoms with Gasteiger partial charge in [-0.2, -0.15) is 0 Å². The number of anilines is 1. The molecule has 112 valence electrons.